The molecular weight excluding hydrogens is 446 g/mol. The van der Waals surface area contributed by atoms with E-state index in [0.717, 1.165) is 35.4 Å². The number of nitrogens with zero attached hydrogens (tertiary/aromatic N) is 4. The summed E-state index contributed by atoms with van der Waals surface area (Å²) in [6.45, 7) is 1.43. The average molecular weight is 474 g/mol. The first-order chi connectivity index (χ1) is 17.1. The van der Waals surface area contributed by atoms with E-state index in [0.29, 0.717) is 18.0 Å². The third-order valence-corrected chi connectivity index (χ3v) is 6.57. The van der Waals surface area contributed by atoms with E-state index in [1.54, 1.807) is 44.7 Å². The summed E-state index contributed by atoms with van der Waals surface area (Å²) in [6, 6.07) is 17.0. The van der Waals surface area contributed by atoms with Gasteiger partial charge in [-0.2, -0.15) is 0 Å². The van der Waals surface area contributed by atoms with Gasteiger partial charge in [-0.05, 0) is 41.8 Å². The molecule has 2 aromatic heterocycles. The first-order valence-electron chi connectivity index (χ1n) is 11.5. The zero-order valence-corrected chi connectivity index (χ0v) is 19.6. The summed E-state index contributed by atoms with van der Waals surface area (Å²) in [7, 11) is 3.30. The molecule has 0 spiro atoms. The highest BCUT2D eigenvalue weighted by Crippen LogP contribution is 2.44. The topological polar surface area (TPSA) is 94.2 Å². The van der Waals surface area contributed by atoms with Gasteiger partial charge in [0.05, 0.1) is 30.9 Å². The molecule has 1 N–H and O–H groups in total. The molecule has 2 aromatic carbocycles. The maximum Gasteiger partial charge on any atom is 0.269 e. The second kappa shape index (κ2) is 9.63. The van der Waals surface area contributed by atoms with Gasteiger partial charge in [-0.15, -0.1) is 0 Å². The predicted octanol–water partition coefficient (Wildman–Crippen LogP) is 4.37. The van der Waals surface area contributed by atoms with E-state index in [1.807, 2.05) is 28.9 Å². The van der Waals surface area contributed by atoms with Crippen LogP contribution >= 0.6 is 0 Å². The van der Waals surface area contributed by atoms with Crippen LogP contribution in [0.2, 0.25) is 0 Å². The van der Waals surface area contributed by atoms with Gasteiger partial charge >= 0.3 is 0 Å². The fourth-order valence-electron chi connectivity index (χ4n) is 4.88. The minimum Gasteiger partial charge on any atom is -0.493 e. The Bertz CT molecular complexity index is 1340. The van der Waals surface area contributed by atoms with Crippen LogP contribution in [0.1, 0.15) is 23.6 Å². The number of aromatic nitrogens is 2. The number of ether oxygens (including phenoxy) is 2. The second-order valence-corrected chi connectivity index (χ2v) is 8.50. The number of nitrogens with one attached hydrogen (secondary N) is 1. The minimum absolute atomic E-state index is 0.0238. The van der Waals surface area contributed by atoms with Gasteiger partial charge < -0.3 is 24.1 Å². The van der Waals surface area contributed by atoms with Crippen molar-refractivity contribution in [2.45, 2.75) is 25.0 Å². The summed E-state index contributed by atoms with van der Waals surface area (Å²) >= 11 is 0. The molecule has 180 valence electrons. The van der Waals surface area contributed by atoms with E-state index >= 15 is 0 Å². The number of nitro groups is 1. The summed E-state index contributed by atoms with van der Waals surface area (Å²) in [5.41, 5.74) is 4.10. The number of fused-ring (bicyclic) bond motifs is 1. The van der Waals surface area contributed by atoms with Crippen LogP contribution < -0.4 is 19.7 Å². The number of imidazole rings is 1. The van der Waals surface area contributed by atoms with Gasteiger partial charge in [0, 0.05) is 49.9 Å². The molecule has 1 fully saturated rings. The van der Waals surface area contributed by atoms with Crippen molar-refractivity contribution in [1.29, 1.82) is 0 Å². The van der Waals surface area contributed by atoms with E-state index in [4.69, 9.17) is 9.47 Å². The molecule has 1 saturated heterocycles. The number of para-hydroxylation sites is 1. The number of benzene rings is 2. The fourth-order valence-corrected chi connectivity index (χ4v) is 4.88. The van der Waals surface area contributed by atoms with Crippen molar-refractivity contribution in [2.24, 2.45) is 0 Å². The predicted molar refractivity (Wildman–Crippen MR) is 133 cm³/mol. The number of non-ortho nitro benzene ring substituents is 1. The Morgan fingerprint density at radius 1 is 1.11 bits per heavy atom. The average Bonchev–Trinajstić information content (AvgIpc) is 3.53. The molecule has 9 nitrogen and oxygen atoms in total. The Labute approximate surface area is 203 Å². The number of hydrogen-bond acceptors (Lipinski definition) is 7. The summed E-state index contributed by atoms with van der Waals surface area (Å²) < 4.78 is 13.3. The molecule has 0 amide bonds. The van der Waals surface area contributed by atoms with Gasteiger partial charge in [0.25, 0.3) is 5.69 Å². The minimum atomic E-state index is -0.380. The number of pyridine rings is 1. The summed E-state index contributed by atoms with van der Waals surface area (Å²) in [5.74, 6) is 1.40. The molecule has 2 unspecified atom stereocenters. The third-order valence-electron chi connectivity index (χ3n) is 6.57. The number of nitro benzene ring substituents is 1. The molecule has 35 heavy (non-hydrogen) atoms. The van der Waals surface area contributed by atoms with Crippen LogP contribution in [0.4, 0.5) is 11.4 Å². The first kappa shape index (κ1) is 22.7. The molecule has 0 radical (unpaired) electrons. The number of methoxy groups -OCH3 is 2. The van der Waals surface area contributed by atoms with Crippen LogP contribution in [0.25, 0.3) is 5.65 Å². The molecule has 1 aliphatic rings. The Morgan fingerprint density at radius 3 is 2.69 bits per heavy atom. The fraction of sp³-hybridized carbons (Fsp3) is 0.269. The highest BCUT2D eigenvalue weighted by molar-refractivity contribution is 5.67. The molecule has 0 bridgehead atoms. The summed E-state index contributed by atoms with van der Waals surface area (Å²) in [6.07, 6.45) is 6.67. The maximum absolute atomic E-state index is 11.0. The van der Waals surface area contributed by atoms with E-state index in [1.165, 1.54) is 0 Å². The van der Waals surface area contributed by atoms with Crippen LogP contribution in [0.5, 0.6) is 11.5 Å². The standard InChI is InChI=1S/C26H27N5O4/c1-34-23-5-3-4-22(26(23)35-2)30-14-11-21(28-17-18-6-8-20(9-7-18)31(32)33)25(30)19-10-13-29-15-12-27-24(29)16-19/h3-10,12-13,15-16,21,25,28H,11,14,17H2,1-2H3. The van der Waals surface area contributed by atoms with Gasteiger partial charge in [-0.1, -0.05) is 18.2 Å². The molecule has 2 atom stereocenters. The van der Waals surface area contributed by atoms with Gasteiger partial charge in [-0.3, -0.25) is 10.1 Å². The molecule has 4 aromatic rings. The smallest absolute Gasteiger partial charge is 0.269 e. The highest BCUT2D eigenvalue weighted by Gasteiger charge is 2.37. The Morgan fingerprint density at radius 2 is 1.94 bits per heavy atom. The number of rotatable bonds is 8. The molecule has 5 rings (SSSR count). The largest absolute Gasteiger partial charge is 0.493 e. The molecule has 1 aliphatic heterocycles. The van der Waals surface area contributed by atoms with Gasteiger partial charge in [-0.25, -0.2) is 4.98 Å². The zero-order valence-electron chi connectivity index (χ0n) is 19.6. The summed E-state index contributed by atoms with van der Waals surface area (Å²) in [4.78, 5) is 17.4. The Hall–Kier alpha value is -4.11. The monoisotopic (exact) mass is 473 g/mol. The van der Waals surface area contributed by atoms with Crippen molar-refractivity contribution in [3.63, 3.8) is 0 Å². The van der Waals surface area contributed by atoms with Crippen LogP contribution in [0.15, 0.2) is 73.2 Å². The maximum atomic E-state index is 11.0. The van der Waals surface area contributed by atoms with Crippen molar-refractivity contribution >= 4 is 17.0 Å². The second-order valence-electron chi connectivity index (χ2n) is 8.50. The Kier molecular flexibility index (Phi) is 6.24. The van der Waals surface area contributed by atoms with Crippen molar-refractivity contribution in [1.82, 2.24) is 14.7 Å². The lowest BCUT2D eigenvalue weighted by molar-refractivity contribution is -0.384. The van der Waals surface area contributed by atoms with Crippen LogP contribution in [-0.2, 0) is 6.54 Å². The van der Waals surface area contributed by atoms with Gasteiger partial charge in [0.1, 0.15) is 5.65 Å². The van der Waals surface area contributed by atoms with Crippen molar-refractivity contribution in [3.8, 4) is 11.5 Å². The molecule has 3 heterocycles. The molecule has 0 aliphatic carbocycles. The van der Waals surface area contributed by atoms with Crippen molar-refractivity contribution in [2.75, 3.05) is 25.7 Å². The normalized spacial score (nSPS) is 17.6. The quantitative estimate of drug-likeness (QED) is 0.300. The SMILES string of the molecule is COc1cccc(N2CCC(NCc3ccc([N+](=O)[O-])cc3)C2c2ccn3ccnc3c2)c1OC. The zero-order chi connectivity index (χ0) is 24.4. The molecule has 0 saturated carbocycles. The lowest BCUT2D eigenvalue weighted by atomic mass is 10.00. The lowest BCUT2D eigenvalue weighted by Gasteiger charge is -2.32. The van der Waals surface area contributed by atoms with E-state index < -0.39 is 0 Å². The van der Waals surface area contributed by atoms with E-state index in [9.17, 15) is 10.1 Å². The lowest BCUT2D eigenvalue weighted by Crippen LogP contribution is -2.36. The number of hydrogen-bond donors (Lipinski definition) is 1. The summed E-state index contributed by atoms with van der Waals surface area (Å²) in [5, 5.41) is 14.7. The van der Waals surface area contributed by atoms with Gasteiger partial charge in [0.2, 0.25) is 0 Å². The van der Waals surface area contributed by atoms with E-state index in [-0.39, 0.29) is 22.7 Å². The van der Waals surface area contributed by atoms with Crippen LogP contribution in [0.3, 0.4) is 0 Å². The van der Waals surface area contributed by atoms with Crippen molar-refractivity contribution < 1.29 is 14.4 Å². The van der Waals surface area contributed by atoms with Crippen LogP contribution in [0, 0.1) is 10.1 Å². The van der Waals surface area contributed by atoms with Crippen molar-refractivity contribution in [3.05, 3.63) is 94.4 Å². The highest BCUT2D eigenvalue weighted by atomic mass is 16.6. The van der Waals surface area contributed by atoms with Crippen LogP contribution in [-0.4, -0.2) is 41.1 Å². The number of anilines is 1. The molecular formula is C26H27N5O4. The molecule has 9 heteroatoms. The van der Waals surface area contributed by atoms with Gasteiger partial charge in [0.15, 0.2) is 11.5 Å². The third kappa shape index (κ3) is 4.38. The first-order valence-corrected chi connectivity index (χ1v) is 11.5. The van der Waals surface area contributed by atoms with E-state index in [2.05, 4.69) is 33.4 Å². The Balaban J connectivity index is 1.48.